The van der Waals surface area contributed by atoms with E-state index in [0.29, 0.717) is 11.4 Å². The van der Waals surface area contributed by atoms with Crippen molar-refractivity contribution in [3.63, 3.8) is 0 Å². The summed E-state index contributed by atoms with van der Waals surface area (Å²) in [4.78, 5) is 8.62. The number of nitrogens with one attached hydrogen (secondary N) is 1. The Balaban J connectivity index is 0.00000133. The first-order chi connectivity index (χ1) is 8.66. The number of aromatic nitrogens is 3. The Bertz CT molecular complexity index is 718. The molecule has 0 aliphatic carbocycles. The smallest absolute Gasteiger partial charge is 0.0958 e. The van der Waals surface area contributed by atoms with Crippen LogP contribution in [0.5, 0.6) is 0 Å². The summed E-state index contributed by atoms with van der Waals surface area (Å²) < 4.78 is 2.13. The number of rotatable bonds is 2. The predicted octanol–water partition coefficient (Wildman–Crippen LogP) is 3.92. The van der Waals surface area contributed by atoms with Crippen LogP contribution < -0.4 is 0 Å². The second-order valence-electron chi connectivity index (χ2n) is 4.97. The first kappa shape index (κ1) is 14.4. The summed E-state index contributed by atoms with van der Waals surface area (Å²) in [5.74, 6) is 0.801. The molecule has 1 N–H and O–H groups in total. The van der Waals surface area contributed by atoms with Crippen molar-refractivity contribution in [2.24, 2.45) is 5.92 Å². The standard InChI is InChI=1S/C14H15N4.Y/c1-9(2)7-18-8-16-12-13(18)10-5-3-4-6-11(10)17-14(12)15;/h3-6,8-9H,7H2,1-2H3,(H-,15,17);/q-1;. The van der Waals surface area contributed by atoms with E-state index in [1.165, 1.54) is 0 Å². The molecule has 0 saturated carbocycles. The van der Waals surface area contributed by atoms with Crippen molar-refractivity contribution in [2.75, 3.05) is 0 Å². The SMILES string of the molecule is CC(C)Cn1cnc2c([NH-])nc3ccccc3c21.[Y]. The van der Waals surface area contributed by atoms with Gasteiger partial charge in [0.05, 0.1) is 17.4 Å². The van der Waals surface area contributed by atoms with Crippen LogP contribution in [0.3, 0.4) is 0 Å². The molecule has 2 heterocycles. The van der Waals surface area contributed by atoms with Gasteiger partial charge in [0.15, 0.2) is 0 Å². The van der Waals surface area contributed by atoms with Crippen LogP contribution in [0.4, 0.5) is 5.82 Å². The summed E-state index contributed by atoms with van der Waals surface area (Å²) in [6, 6.07) is 7.94. The van der Waals surface area contributed by atoms with Gasteiger partial charge in [-0.25, -0.2) is 4.98 Å². The van der Waals surface area contributed by atoms with Crippen molar-refractivity contribution in [3.05, 3.63) is 36.3 Å². The zero-order valence-corrected chi connectivity index (χ0v) is 13.9. The quantitative estimate of drug-likeness (QED) is 0.716. The van der Waals surface area contributed by atoms with E-state index in [-0.39, 0.29) is 38.5 Å². The van der Waals surface area contributed by atoms with E-state index in [2.05, 4.69) is 28.4 Å². The van der Waals surface area contributed by atoms with E-state index in [0.717, 1.165) is 23.0 Å². The Hall–Kier alpha value is -0.996. The van der Waals surface area contributed by atoms with Gasteiger partial charge in [-0.1, -0.05) is 38.1 Å². The largest absolute Gasteiger partial charge is 0.480 e. The van der Waals surface area contributed by atoms with Gasteiger partial charge >= 0.3 is 0 Å². The molecule has 2 aromatic heterocycles. The first-order valence-electron chi connectivity index (χ1n) is 6.12. The van der Waals surface area contributed by atoms with Crippen molar-refractivity contribution in [3.8, 4) is 0 Å². The zero-order chi connectivity index (χ0) is 12.7. The molecule has 95 valence electrons. The van der Waals surface area contributed by atoms with Crippen molar-refractivity contribution in [1.29, 1.82) is 0 Å². The minimum absolute atomic E-state index is 0. The van der Waals surface area contributed by atoms with Gasteiger partial charge in [-0.15, -0.1) is 0 Å². The summed E-state index contributed by atoms with van der Waals surface area (Å²) in [6.07, 6.45) is 1.82. The van der Waals surface area contributed by atoms with E-state index < -0.39 is 0 Å². The van der Waals surface area contributed by atoms with Crippen molar-refractivity contribution >= 4 is 27.8 Å². The average molecular weight is 328 g/mol. The van der Waals surface area contributed by atoms with Crippen LogP contribution in [0.1, 0.15) is 13.8 Å². The molecule has 0 amide bonds. The number of pyridine rings is 1. The van der Waals surface area contributed by atoms with Crippen molar-refractivity contribution in [1.82, 2.24) is 14.5 Å². The summed E-state index contributed by atoms with van der Waals surface area (Å²) >= 11 is 0. The third-order valence-electron chi connectivity index (χ3n) is 3.02. The predicted molar refractivity (Wildman–Crippen MR) is 73.9 cm³/mol. The molecule has 4 nitrogen and oxygen atoms in total. The molecule has 0 aliphatic heterocycles. The van der Waals surface area contributed by atoms with Gasteiger partial charge in [0.2, 0.25) is 0 Å². The Labute approximate surface area is 137 Å². The van der Waals surface area contributed by atoms with Crippen LogP contribution in [0.25, 0.3) is 27.7 Å². The van der Waals surface area contributed by atoms with E-state index in [1.807, 2.05) is 30.6 Å². The Morgan fingerprint density at radius 2 is 2.00 bits per heavy atom. The van der Waals surface area contributed by atoms with Crippen molar-refractivity contribution in [2.45, 2.75) is 20.4 Å². The maximum atomic E-state index is 7.95. The van der Waals surface area contributed by atoms with E-state index in [9.17, 15) is 0 Å². The number of hydrogen-bond donors (Lipinski definition) is 0. The van der Waals surface area contributed by atoms with Gasteiger partial charge in [-0.3, -0.25) is 0 Å². The van der Waals surface area contributed by atoms with Gasteiger partial charge < -0.3 is 15.3 Å². The van der Waals surface area contributed by atoms with Crippen LogP contribution in [-0.4, -0.2) is 14.5 Å². The Morgan fingerprint density at radius 3 is 2.74 bits per heavy atom. The van der Waals surface area contributed by atoms with Crippen LogP contribution in [0, 0.1) is 5.92 Å². The minimum atomic E-state index is 0. The molecule has 0 bridgehead atoms. The van der Waals surface area contributed by atoms with E-state index in [4.69, 9.17) is 5.73 Å². The minimum Gasteiger partial charge on any atom is -0.480 e. The molecule has 0 unspecified atom stereocenters. The zero-order valence-electron chi connectivity index (χ0n) is 11.1. The van der Waals surface area contributed by atoms with Gasteiger partial charge in [-0.2, -0.15) is 0 Å². The molecule has 3 aromatic rings. The van der Waals surface area contributed by atoms with Crippen LogP contribution >= 0.6 is 0 Å². The Kier molecular flexibility index (Phi) is 4.21. The maximum absolute atomic E-state index is 7.95. The molecule has 1 radical (unpaired) electrons. The second-order valence-corrected chi connectivity index (χ2v) is 4.97. The molecule has 19 heavy (non-hydrogen) atoms. The second kappa shape index (κ2) is 5.55. The number of fused-ring (bicyclic) bond motifs is 3. The molecular weight excluding hydrogens is 313 g/mol. The van der Waals surface area contributed by atoms with Crippen LogP contribution in [0.2, 0.25) is 0 Å². The topological polar surface area (TPSA) is 54.5 Å². The number of nitrogens with zero attached hydrogens (tertiary/aromatic N) is 3. The maximum Gasteiger partial charge on any atom is 0.0958 e. The number of benzene rings is 1. The summed E-state index contributed by atoms with van der Waals surface area (Å²) in [5, 5.41) is 1.07. The van der Waals surface area contributed by atoms with Crippen LogP contribution in [0.15, 0.2) is 30.6 Å². The first-order valence-corrected chi connectivity index (χ1v) is 6.12. The molecule has 0 fully saturated rings. The molecule has 0 aliphatic rings. The monoisotopic (exact) mass is 328 g/mol. The number of imidazole rings is 1. The summed E-state index contributed by atoms with van der Waals surface area (Å²) in [5.41, 5.74) is 10.5. The van der Waals surface area contributed by atoms with Crippen LogP contribution in [-0.2, 0) is 39.3 Å². The molecule has 3 rings (SSSR count). The summed E-state index contributed by atoms with van der Waals surface area (Å²) in [6.45, 7) is 5.26. The molecule has 1 aromatic carbocycles. The normalized spacial score (nSPS) is 11.1. The average Bonchev–Trinajstić information content (AvgIpc) is 2.73. The van der Waals surface area contributed by atoms with Gasteiger partial charge in [0, 0.05) is 44.6 Å². The van der Waals surface area contributed by atoms with Gasteiger partial charge in [0.25, 0.3) is 0 Å². The third-order valence-corrected chi connectivity index (χ3v) is 3.02. The molecule has 0 atom stereocenters. The van der Waals surface area contributed by atoms with Gasteiger partial charge in [0.1, 0.15) is 0 Å². The fourth-order valence-corrected chi connectivity index (χ4v) is 2.31. The van der Waals surface area contributed by atoms with Crippen molar-refractivity contribution < 1.29 is 32.7 Å². The molecule has 0 spiro atoms. The number of hydrogen-bond acceptors (Lipinski definition) is 2. The fraction of sp³-hybridized carbons (Fsp3) is 0.286. The van der Waals surface area contributed by atoms with E-state index in [1.54, 1.807) is 0 Å². The Morgan fingerprint density at radius 1 is 1.26 bits per heavy atom. The molecule has 0 saturated heterocycles. The number of para-hydroxylation sites is 1. The molecular formula is C14H15N4Y-. The van der Waals surface area contributed by atoms with Gasteiger partial charge in [-0.05, 0) is 17.3 Å². The molecule has 5 heteroatoms. The third kappa shape index (κ3) is 2.52. The fourth-order valence-electron chi connectivity index (χ4n) is 2.31. The summed E-state index contributed by atoms with van der Waals surface area (Å²) in [7, 11) is 0. The van der Waals surface area contributed by atoms with E-state index >= 15 is 0 Å².